The highest BCUT2D eigenvalue weighted by Gasteiger charge is 1.96. The Morgan fingerprint density at radius 3 is 0.769 bits per heavy atom. The molecule has 8 aromatic rings. The van der Waals surface area contributed by atoms with Gasteiger partial charge < -0.3 is 25.2 Å². The first-order valence-electron chi connectivity index (χ1n) is 20.7. The van der Waals surface area contributed by atoms with Crippen molar-refractivity contribution in [2.45, 2.75) is 12.8 Å². The quantitative estimate of drug-likeness (QED) is 0.115. The van der Waals surface area contributed by atoms with E-state index in [9.17, 15) is 0 Å². The first-order chi connectivity index (χ1) is 31.9. The lowest BCUT2D eigenvalue weighted by Gasteiger charge is -1.97. The van der Waals surface area contributed by atoms with Crippen molar-refractivity contribution in [2.24, 2.45) is 0 Å². The summed E-state index contributed by atoms with van der Waals surface area (Å²) in [5.41, 5.74) is 8.12. The summed E-state index contributed by atoms with van der Waals surface area (Å²) in [6, 6.07) is 39.4. The molecule has 1 fully saturated rings. The number of phenolic OH excluding ortho intramolecular Hbond substituents is 4. The van der Waals surface area contributed by atoms with Crippen molar-refractivity contribution in [2.75, 3.05) is 13.2 Å². The van der Waals surface area contributed by atoms with Crippen LogP contribution in [-0.4, -0.2) is 63.5 Å². The van der Waals surface area contributed by atoms with Crippen LogP contribution in [0.25, 0.3) is 48.6 Å². The maximum Gasteiger partial charge on any atom is 0.119 e. The molecule has 1 aliphatic heterocycles. The van der Waals surface area contributed by atoms with Crippen LogP contribution in [0.1, 0.15) is 57.9 Å². The number of rotatable bonds is 8. The summed E-state index contributed by atoms with van der Waals surface area (Å²) in [6.07, 6.45) is 32.9. The summed E-state index contributed by atoms with van der Waals surface area (Å²) in [7, 11) is 0. The number of aromatic hydroxyl groups is 4. The van der Waals surface area contributed by atoms with Crippen LogP contribution in [0.5, 0.6) is 23.0 Å². The lowest BCUT2D eigenvalue weighted by Crippen LogP contribution is -1.84. The molecular formula is C54H50N6O5. The summed E-state index contributed by atoms with van der Waals surface area (Å²) in [5.74, 6) is 0.352. The summed E-state index contributed by atoms with van der Waals surface area (Å²) in [5, 5.41) is 34.6. The number of aromatic nitrogens is 6. The van der Waals surface area contributed by atoms with Gasteiger partial charge in [0.25, 0.3) is 0 Å². The van der Waals surface area contributed by atoms with Crippen LogP contribution in [0.2, 0.25) is 0 Å². The number of benzene rings is 2. The van der Waals surface area contributed by atoms with Crippen LogP contribution >= 0.6 is 0 Å². The topological polar surface area (TPSA) is 167 Å². The molecular weight excluding hydrogens is 813 g/mol. The van der Waals surface area contributed by atoms with Gasteiger partial charge in [0.15, 0.2) is 0 Å². The lowest BCUT2D eigenvalue weighted by molar-refractivity contribution is 0.198. The van der Waals surface area contributed by atoms with Crippen LogP contribution < -0.4 is 0 Å². The molecule has 0 spiro atoms. The third kappa shape index (κ3) is 20.3. The molecule has 1 saturated heterocycles. The Hall–Kier alpha value is -8.54. The molecule has 11 nitrogen and oxygen atoms in total. The summed E-state index contributed by atoms with van der Waals surface area (Å²) >= 11 is 0. The van der Waals surface area contributed by atoms with Gasteiger partial charge >= 0.3 is 0 Å². The number of hydrogen-bond donors (Lipinski definition) is 4. The minimum absolute atomic E-state index is 0.0880. The second-order valence-electron chi connectivity index (χ2n) is 13.8. The molecule has 0 atom stereocenters. The van der Waals surface area contributed by atoms with Gasteiger partial charge in [0.2, 0.25) is 0 Å². The van der Waals surface area contributed by atoms with Crippen LogP contribution in [0.4, 0.5) is 0 Å². The second-order valence-corrected chi connectivity index (χ2v) is 13.8. The fourth-order valence-electron chi connectivity index (χ4n) is 5.43. The Labute approximate surface area is 379 Å². The summed E-state index contributed by atoms with van der Waals surface area (Å²) in [4.78, 5) is 25.2. The molecule has 1 aliphatic rings. The zero-order valence-corrected chi connectivity index (χ0v) is 35.6. The largest absolute Gasteiger partial charge is 0.508 e. The molecule has 0 amide bonds. The van der Waals surface area contributed by atoms with Crippen molar-refractivity contribution in [1.29, 1.82) is 0 Å². The van der Waals surface area contributed by atoms with E-state index in [4.69, 9.17) is 25.2 Å². The maximum absolute atomic E-state index is 8.65. The fourth-order valence-corrected chi connectivity index (χ4v) is 5.43. The van der Waals surface area contributed by atoms with Crippen LogP contribution in [0.15, 0.2) is 183 Å². The minimum Gasteiger partial charge on any atom is -0.508 e. The fraction of sp³-hybridized carbons (Fsp3) is 0.0741. The first kappa shape index (κ1) is 47.5. The van der Waals surface area contributed by atoms with Crippen molar-refractivity contribution in [3.8, 4) is 23.0 Å². The van der Waals surface area contributed by atoms with Gasteiger partial charge in [0.1, 0.15) is 23.0 Å². The monoisotopic (exact) mass is 862 g/mol. The number of phenols is 4. The van der Waals surface area contributed by atoms with Crippen molar-refractivity contribution in [1.82, 2.24) is 29.9 Å². The molecule has 0 saturated carbocycles. The number of nitrogens with zero attached hydrogens (tertiary/aromatic N) is 6. The molecule has 4 N–H and O–H groups in total. The van der Waals surface area contributed by atoms with Crippen molar-refractivity contribution in [3.63, 3.8) is 0 Å². The van der Waals surface area contributed by atoms with E-state index >= 15 is 0 Å². The Kier molecular flexibility index (Phi) is 20.6. The van der Waals surface area contributed by atoms with Gasteiger partial charge in [0.05, 0.1) is 22.8 Å². The molecule has 0 unspecified atom stereocenters. The van der Waals surface area contributed by atoms with E-state index in [1.54, 1.807) is 61.7 Å². The SMILES string of the molecule is C(=C\c1cccc(/C=C/c2ccncc2)n1)/c1ccncc1.C(=C\c1cccc(/C=C/c2ccncc2)n1)/c1ccncc1.C1CCOC1.Oc1cccc(O)c1.Oc1cccc(O)c1. The normalized spacial score (nSPS) is 11.7. The smallest absolute Gasteiger partial charge is 0.119 e. The third-order valence-electron chi connectivity index (χ3n) is 8.68. The molecule has 0 radical (unpaired) electrons. The Morgan fingerprint density at radius 1 is 0.323 bits per heavy atom. The van der Waals surface area contributed by atoms with Crippen LogP contribution in [-0.2, 0) is 4.74 Å². The van der Waals surface area contributed by atoms with E-state index in [0.717, 1.165) is 58.2 Å². The van der Waals surface area contributed by atoms with Gasteiger partial charge in [0, 0.05) is 74.9 Å². The Balaban J connectivity index is 0.000000170. The van der Waals surface area contributed by atoms with Gasteiger partial charge in [-0.25, -0.2) is 9.97 Å². The third-order valence-corrected chi connectivity index (χ3v) is 8.68. The predicted octanol–water partition coefficient (Wildman–Crippen LogP) is 11.4. The number of ether oxygens (including phenoxy) is 1. The van der Waals surface area contributed by atoms with E-state index in [1.165, 1.54) is 49.2 Å². The van der Waals surface area contributed by atoms with E-state index in [-0.39, 0.29) is 23.0 Å². The highest BCUT2D eigenvalue weighted by atomic mass is 16.5. The molecule has 9 rings (SSSR count). The average Bonchev–Trinajstić information content (AvgIpc) is 3.95. The molecule has 326 valence electrons. The predicted molar refractivity (Wildman–Crippen MR) is 261 cm³/mol. The second kappa shape index (κ2) is 28.1. The van der Waals surface area contributed by atoms with Crippen LogP contribution in [0, 0.1) is 0 Å². The summed E-state index contributed by atoms with van der Waals surface area (Å²) < 4.78 is 4.94. The van der Waals surface area contributed by atoms with E-state index in [0.29, 0.717) is 0 Å². The molecule has 2 aromatic carbocycles. The number of pyridine rings is 6. The highest BCUT2D eigenvalue weighted by Crippen LogP contribution is 2.16. The molecule has 0 aliphatic carbocycles. The molecule has 7 heterocycles. The van der Waals surface area contributed by atoms with Crippen molar-refractivity contribution >= 4 is 48.6 Å². The zero-order chi connectivity index (χ0) is 45.6. The van der Waals surface area contributed by atoms with E-state index < -0.39 is 0 Å². The van der Waals surface area contributed by atoms with Crippen molar-refractivity contribution < 1.29 is 25.2 Å². The van der Waals surface area contributed by atoms with Gasteiger partial charge in [-0.15, -0.1) is 0 Å². The molecule has 11 heteroatoms. The molecule has 0 bridgehead atoms. The summed E-state index contributed by atoms with van der Waals surface area (Å²) in [6.45, 7) is 2.00. The lowest BCUT2D eigenvalue weighted by atomic mass is 10.2. The zero-order valence-electron chi connectivity index (χ0n) is 35.6. The highest BCUT2D eigenvalue weighted by molar-refractivity contribution is 5.72. The van der Waals surface area contributed by atoms with Crippen molar-refractivity contribution in [3.05, 3.63) is 228 Å². The molecule has 65 heavy (non-hydrogen) atoms. The first-order valence-corrected chi connectivity index (χ1v) is 20.7. The average molecular weight is 863 g/mol. The maximum atomic E-state index is 8.65. The molecule has 6 aromatic heterocycles. The number of hydrogen-bond acceptors (Lipinski definition) is 11. The van der Waals surface area contributed by atoms with Gasteiger partial charge in [-0.3, -0.25) is 19.9 Å². The Morgan fingerprint density at radius 2 is 0.569 bits per heavy atom. The van der Waals surface area contributed by atoms with Gasteiger partial charge in [-0.1, -0.05) is 48.6 Å². The van der Waals surface area contributed by atoms with Gasteiger partial charge in [-0.2, -0.15) is 0 Å². The standard InChI is InChI=1S/2C19H15N3.2C6H6O2.C4H8O/c2*1-2-18(6-4-16-8-12-20-13-9-16)22-19(3-1)7-5-17-10-14-21-15-11-17;2*7-5-2-1-3-6(8)4-5;1-2-4-5-3-1/h2*1-15H;2*1-4,7-8H;1-4H2/b2*6-4+,7-5+;;;. The van der Waals surface area contributed by atoms with Crippen LogP contribution in [0.3, 0.4) is 0 Å². The van der Waals surface area contributed by atoms with E-state index in [2.05, 4.69) is 29.9 Å². The Bertz CT molecular complexity index is 2320. The van der Waals surface area contributed by atoms with E-state index in [1.807, 2.05) is 134 Å². The minimum atomic E-state index is 0.0880. The van der Waals surface area contributed by atoms with Gasteiger partial charge in [-0.05, 0) is 156 Å².